The summed E-state index contributed by atoms with van der Waals surface area (Å²) in [5.74, 6) is -0.373. The van der Waals surface area contributed by atoms with E-state index >= 15 is 0 Å². The first-order valence-corrected chi connectivity index (χ1v) is 6.06. The SMILES string of the molecule is CCOC(=O)c1cc(-c2ccccc2)n(CC)n1. The van der Waals surface area contributed by atoms with E-state index in [2.05, 4.69) is 5.10 Å². The number of hydrogen-bond donors (Lipinski definition) is 0. The molecule has 0 saturated heterocycles. The molecule has 0 N–H and O–H groups in total. The van der Waals surface area contributed by atoms with Crippen molar-refractivity contribution in [1.82, 2.24) is 9.78 Å². The lowest BCUT2D eigenvalue weighted by Crippen LogP contribution is -2.06. The molecule has 0 atom stereocenters. The molecule has 0 aliphatic carbocycles. The fourth-order valence-electron chi connectivity index (χ4n) is 1.80. The van der Waals surface area contributed by atoms with E-state index in [4.69, 9.17) is 4.74 Å². The van der Waals surface area contributed by atoms with E-state index in [9.17, 15) is 4.79 Å². The maximum absolute atomic E-state index is 11.7. The van der Waals surface area contributed by atoms with Crippen LogP contribution in [0.25, 0.3) is 11.3 Å². The van der Waals surface area contributed by atoms with Gasteiger partial charge in [0.25, 0.3) is 0 Å². The zero-order valence-corrected chi connectivity index (χ0v) is 10.6. The molecule has 0 saturated carbocycles. The first-order chi connectivity index (χ1) is 8.76. The Morgan fingerprint density at radius 3 is 2.61 bits per heavy atom. The number of rotatable bonds is 4. The molecule has 1 aromatic heterocycles. The van der Waals surface area contributed by atoms with Crippen molar-refractivity contribution in [3.63, 3.8) is 0 Å². The number of esters is 1. The molecule has 1 heterocycles. The summed E-state index contributed by atoms with van der Waals surface area (Å²) in [4.78, 5) is 11.7. The molecule has 2 aromatic rings. The molecule has 0 bridgehead atoms. The van der Waals surface area contributed by atoms with Gasteiger partial charge in [-0.25, -0.2) is 4.79 Å². The van der Waals surface area contributed by atoms with Crippen LogP contribution < -0.4 is 0 Å². The molecule has 0 aliphatic rings. The molecule has 0 spiro atoms. The van der Waals surface area contributed by atoms with Crippen LogP contribution in [0.4, 0.5) is 0 Å². The Labute approximate surface area is 106 Å². The van der Waals surface area contributed by atoms with Crippen molar-refractivity contribution in [2.45, 2.75) is 20.4 Å². The lowest BCUT2D eigenvalue weighted by Gasteiger charge is -2.03. The Hall–Kier alpha value is -2.10. The quantitative estimate of drug-likeness (QED) is 0.777. The minimum Gasteiger partial charge on any atom is -0.461 e. The predicted octanol–water partition coefficient (Wildman–Crippen LogP) is 2.75. The minimum absolute atomic E-state index is 0.359. The maximum Gasteiger partial charge on any atom is 0.358 e. The van der Waals surface area contributed by atoms with Gasteiger partial charge in [0.2, 0.25) is 0 Å². The molecular formula is C14H16N2O2. The smallest absolute Gasteiger partial charge is 0.358 e. The van der Waals surface area contributed by atoms with Gasteiger partial charge in [0.1, 0.15) is 0 Å². The summed E-state index contributed by atoms with van der Waals surface area (Å²) >= 11 is 0. The Morgan fingerprint density at radius 1 is 1.28 bits per heavy atom. The number of nitrogens with zero attached hydrogens (tertiary/aromatic N) is 2. The summed E-state index contributed by atoms with van der Waals surface area (Å²) < 4.78 is 6.77. The third-order valence-electron chi connectivity index (χ3n) is 2.63. The van der Waals surface area contributed by atoms with Crippen LogP contribution in [-0.4, -0.2) is 22.4 Å². The van der Waals surface area contributed by atoms with Crippen LogP contribution in [0.5, 0.6) is 0 Å². The second-order valence-corrected chi connectivity index (χ2v) is 3.82. The Morgan fingerprint density at radius 2 is 2.00 bits per heavy atom. The van der Waals surface area contributed by atoms with Gasteiger partial charge in [0, 0.05) is 6.54 Å². The van der Waals surface area contributed by atoms with Crippen LogP contribution in [0.15, 0.2) is 36.4 Å². The van der Waals surface area contributed by atoms with Crippen molar-refractivity contribution in [1.29, 1.82) is 0 Å². The fraction of sp³-hybridized carbons (Fsp3) is 0.286. The Balaban J connectivity index is 2.39. The van der Waals surface area contributed by atoms with E-state index in [0.29, 0.717) is 18.8 Å². The zero-order chi connectivity index (χ0) is 13.0. The van der Waals surface area contributed by atoms with Crippen molar-refractivity contribution in [2.75, 3.05) is 6.61 Å². The van der Waals surface area contributed by atoms with Gasteiger partial charge >= 0.3 is 5.97 Å². The summed E-state index contributed by atoms with van der Waals surface area (Å²) in [7, 11) is 0. The molecule has 4 heteroatoms. The van der Waals surface area contributed by atoms with E-state index in [0.717, 1.165) is 11.3 Å². The highest BCUT2D eigenvalue weighted by molar-refractivity contribution is 5.88. The largest absolute Gasteiger partial charge is 0.461 e. The van der Waals surface area contributed by atoms with Gasteiger partial charge in [-0.1, -0.05) is 30.3 Å². The molecule has 0 aliphatic heterocycles. The molecule has 0 amide bonds. The number of aromatic nitrogens is 2. The number of benzene rings is 1. The summed E-state index contributed by atoms with van der Waals surface area (Å²) in [6.07, 6.45) is 0. The molecule has 18 heavy (non-hydrogen) atoms. The first kappa shape index (κ1) is 12.4. The second kappa shape index (κ2) is 5.49. The highest BCUT2D eigenvalue weighted by Crippen LogP contribution is 2.20. The maximum atomic E-state index is 11.7. The number of ether oxygens (including phenoxy) is 1. The van der Waals surface area contributed by atoms with E-state index in [1.54, 1.807) is 13.0 Å². The second-order valence-electron chi connectivity index (χ2n) is 3.82. The van der Waals surface area contributed by atoms with Gasteiger partial charge < -0.3 is 4.74 Å². The van der Waals surface area contributed by atoms with Crippen LogP contribution in [0.2, 0.25) is 0 Å². The number of aryl methyl sites for hydroxylation is 1. The number of carbonyl (C=O) groups is 1. The van der Waals surface area contributed by atoms with Crippen molar-refractivity contribution in [2.24, 2.45) is 0 Å². The predicted molar refractivity (Wildman–Crippen MR) is 69.3 cm³/mol. The third-order valence-corrected chi connectivity index (χ3v) is 2.63. The molecule has 0 radical (unpaired) electrons. The van der Waals surface area contributed by atoms with Crippen molar-refractivity contribution < 1.29 is 9.53 Å². The van der Waals surface area contributed by atoms with E-state index < -0.39 is 0 Å². The van der Waals surface area contributed by atoms with Crippen molar-refractivity contribution in [3.8, 4) is 11.3 Å². The van der Waals surface area contributed by atoms with Crippen LogP contribution in [0, 0.1) is 0 Å². The third kappa shape index (κ3) is 2.42. The monoisotopic (exact) mass is 244 g/mol. The van der Waals surface area contributed by atoms with Crippen molar-refractivity contribution in [3.05, 3.63) is 42.1 Å². The molecule has 2 rings (SSSR count). The lowest BCUT2D eigenvalue weighted by atomic mass is 10.1. The number of hydrogen-bond acceptors (Lipinski definition) is 3. The van der Waals surface area contributed by atoms with Crippen LogP contribution in [-0.2, 0) is 11.3 Å². The Bertz CT molecular complexity index is 532. The van der Waals surface area contributed by atoms with Crippen LogP contribution >= 0.6 is 0 Å². The highest BCUT2D eigenvalue weighted by Gasteiger charge is 2.15. The summed E-state index contributed by atoms with van der Waals surface area (Å²) in [5.41, 5.74) is 2.33. The van der Waals surface area contributed by atoms with E-state index in [1.165, 1.54) is 0 Å². The molecular weight excluding hydrogens is 228 g/mol. The normalized spacial score (nSPS) is 10.3. The van der Waals surface area contributed by atoms with Crippen LogP contribution in [0.1, 0.15) is 24.3 Å². The van der Waals surface area contributed by atoms with E-state index in [1.807, 2.05) is 41.9 Å². The average Bonchev–Trinajstić information content (AvgIpc) is 2.84. The standard InChI is InChI=1S/C14H16N2O2/c1-3-16-13(11-8-6-5-7-9-11)10-12(15-16)14(17)18-4-2/h5-10H,3-4H2,1-2H3. The fourth-order valence-corrected chi connectivity index (χ4v) is 1.80. The van der Waals surface area contributed by atoms with Gasteiger partial charge in [-0.3, -0.25) is 4.68 Å². The van der Waals surface area contributed by atoms with Crippen LogP contribution in [0.3, 0.4) is 0 Å². The molecule has 0 fully saturated rings. The van der Waals surface area contributed by atoms with Gasteiger partial charge in [0.15, 0.2) is 5.69 Å². The van der Waals surface area contributed by atoms with Gasteiger partial charge in [-0.2, -0.15) is 5.10 Å². The van der Waals surface area contributed by atoms with Gasteiger partial charge in [-0.05, 0) is 25.5 Å². The summed E-state index contributed by atoms with van der Waals surface area (Å²) in [6, 6.07) is 11.7. The Kier molecular flexibility index (Phi) is 3.77. The molecule has 0 unspecified atom stereocenters. The number of carbonyl (C=O) groups excluding carboxylic acids is 1. The summed E-state index contributed by atoms with van der Waals surface area (Å²) in [6.45, 7) is 4.85. The minimum atomic E-state index is -0.373. The van der Waals surface area contributed by atoms with Gasteiger partial charge in [0.05, 0.1) is 12.3 Å². The van der Waals surface area contributed by atoms with E-state index in [-0.39, 0.29) is 5.97 Å². The average molecular weight is 244 g/mol. The first-order valence-electron chi connectivity index (χ1n) is 6.06. The molecule has 94 valence electrons. The summed E-state index contributed by atoms with van der Waals surface area (Å²) in [5, 5.41) is 4.27. The molecule has 4 nitrogen and oxygen atoms in total. The lowest BCUT2D eigenvalue weighted by molar-refractivity contribution is 0.0518. The van der Waals surface area contributed by atoms with Gasteiger partial charge in [-0.15, -0.1) is 0 Å². The molecule has 1 aromatic carbocycles. The highest BCUT2D eigenvalue weighted by atomic mass is 16.5. The zero-order valence-electron chi connectivity index (χ0n) is 10.6. The topological polar surface area (TPSA) is 44.1 Å². The van der Waals surface area contributed by atoms with Crippen molar-refractivity contribution >= 4 is 5.97 Å².